The van der Waals surface area contributed by atoms with Crippen LogP contribution in [0.1, 0.15) is 18.1 Å². The minimum Gasteiger partial charge on any atom is -0.385 e. The van der Waals surface area contributed by atoms with E-state index < -0.39 is 5.60 Å². The van der Waals surface area contributed by atoms with E-state index >= 15 is 0 Å². The van der Waals surface area contributed by atoms with Gasteiger partial charge >= 0.3 is 0 Å². The van der Waals surface area contributed by atoms with Crippen molar-refractivity contribution in [1.29, 1.82) is 0 Å². The van der Waals surface area contributed by atoms with Crippen LogP contribution in [0.5, 0.6) is 0 Å². The first-order chi connectivity index (χ1) is 9.58. The van der Waals surface area contributed by atoms with Crippen LogP contribution in [0.2, 0.25) is 5.02 Å². The molecule has 1 nitrogen and oxygen atoms in total. The number of hydrogen-bond acceptors (Lipinski definition) is 2. The van der Waals surface area contributed by atoms with Crippen LogP contribution in [-0.2, 0) is 12.0 Å². The molecule has 0 radical (unpaired) electrons. The van der Waals surface area contributed by atoms with Crippen molar-refractivity contribution in [2.45, 2.75) is 18.9 Å². The van der Waals surface area contributed by atoms with E-state index in [4.69, 9.17) is 11.6 Å². The predicted octanol–water partition coefficient (Wildman–Crippen LogP) is 5.00. The van der Waals surface area contributed by atoms with E-state index in [1.54, 1.807) is 11.3 Å². The lowest BCUT2D eigenvalue weighted by molar-refractivity contribution is 0.0582. The van der Waals surface area contributed by atoms with E-state index in [2.05, 4.69) is 17.5 Å². The number of benzene rings is 2. The molecule has 1 atom stereocenters. The fourth-order valence-electron chi connectivity index (χ4n) is 2.53. The van der Waals surface area contributed by atoms with Crippen molar-refractivity contribution in [3.63, 3.8) is 0 Å². The molecule has 3 heteroatoms. The van der Waals surface area contributed by atoms with Gasteiger partial charge in [-0.15, -0.1) is 11.3 Å². The van der Waals surface area contributed by atoms with Crippen molar-refractivity contribution in [3.8, 4) is 0 Å². The highest BCUT2D eigenvalue weighted by Gasteiger charge is 2.26. The summed E-state index contributed by atoms with van der Waals surface area (Å²) in [7, 11) is 0. The zero-order valence-electron chi connectivity index (χ0n) is 11.1. The maximum absolute atomic E-state index is 10.8. The second kappa shape index (κ2) is 5.21. The predicted molar refractivity (Wildman–Crippen MR) is 86.6 cm³/mol. The molecule has 0 fully saturated rings. The number of hydrogen-bond donors (Lipinski definition) is 1. The van der Waals surface area contributed by atoms with Gasteiger partial charge in [0.15, 0.2) is 0 Å². The Morgan fingerprint density at radius 3 is 2.60 bits per heavy atom. The summed E-state index contributed by atoms with van der Waals surface area (Å²) in [6, 6.07) is 15.8. The molecule has 0 saturated carbocycles. The first-order valence-corrected chi connectivity index (χ1v) is 7.76. The van der Waals surface area contributed by atoms with E-state index in [0.29, 0.717) is 11.4 Å². The van der Waals surface area contributed by atoms with Gasteiger partial charge in [0.2, 0.25) is 0 Å². The van der Waals surface area contributed by atoms with E-state index in [1.807, 2.05) is 43.3 Å². The second-order valence-corrected chi connectivity index (χ2v) is 6.51. The molecule has 1 N–H and O–H groups in total. The smallest absolute Gasteiger partial charge is 0.0923 e. The highest BCUT2D eigenvalue weighted by Crippen LogP contribution is 2.34. The Morgan fingerprint density at radius 2 is 1.80 bits per heavy atom. The second-order valence-electron chi connectivity index (χ2n) is 5.19. The zero-order chi connectivity index (χ0) is 14.2. The first kappa shape index (κ1) is 13.6. The summed E-state index contributed by atoms with van der Waals surface area (Å²) >= 11 is 7.92. The average molecular weight is 303 g/mol. The number of thiophene rings is 1. The standard InChI is InChI=1S/C17H15ClOS/c1-17(19,14-7-3-4-8-15(14)18)10-12-11-20-16-9-5-2-6-13(12)16/h2-9,11,19H,10H2,1H3. The Balaban J connectivity index is 1.99. The molecule has 3 rings (SSSR count). The van der Waals surface area contributed by atoms with Crippen molar-refractivity contribution in [1.82, 2.24) is 0 Å². The maximum Gasteiger partial charge on any atom is 0.0923 e. The van der Waals surface area contributed by atoms with Crippen LogP contribution < -0.4 is 0 Å². The summed E-state index contributed by atoms with van der Waals surface area (Å²) in [5.41, 5.74) is 0.967. The zero-order valence-corrected chi connectivity index (χ0v) is 12.7. The van der Waals surface area contributed by atoms with Crippen LogP contribution in [0.25, 0.3) is 10.1 Å². The molecule has 0 aliphatic rings. The van der Waals surface area contributed by atoms with Gasteiger partial charge in [0.1, 0.15) is 0 Å². The summed E-state index contributed by atoms with van der Waals surface area (Å²) in [5, 5.41) is 14.8. The van der Waals surface area contributed by atoms with E-state index in [-0.39, 0.29) is 0 Å². The summed E-state index contributed by atoms with van der Waals surface area (Å²) in [6.45, 7) is 1.82. The Kier molecular flexibility index (Phi) is 3.55. The van der Waals surface area contributed by atoms with E-state index in [1.165, 1.54) is 10.1 Å². The van der Waals surface area contributed by atoms with Crippen LogP contribution in [0.3, 0.4) is 0 Å². The van der Waals surface area contributed by atoms with Gasteiger partial charge in [-0.2, -0.15) is 0 Å². The van der Waals surface area contributed by atoms with Gasteiger partial charge in [0, 0.05) is 21.7 Å². The van der Waals surface area contributed by atoms with Crippen molar-refractivity contribution < 1.29 is 5.11 Å². The highest BCUT2D eigenvalue weighted by molar-refractivity contribution is 7.17. The molecule has 0 spiro atoms. The van der Waals surface area contributed by atoms with Gasteiger partial charge in [-0.3, -0.25) is 0 Å². The number of fused-ring (bicyclic) bond motifs is 1. The van der Waals surface area contributed by atoms with Gasteiger partial charge in [-0.1, -0.05) is 48.0 Å². The van der Waals surface area contributed by atoms with Crippen molar-refractivity contribution in [3.05, 3.63) is 70.1 Å². The molecule has 20 heavy (non-hydrogen) atoms. The number of halogens is 1. The summed E-state index contributed by atoms with van der Waals surface area (Å²) in [6.07, 6.45) is 0.556. The summed E-state index contributed by atoms with van der Waals surface area (Å²) < 4.78 is 1.25. The Bertz CT molecular complexity index is 745. The monoisotopic (exact) mass is 302 g/mol. The number of aliphatic hydroxyl groups is 1. The Morgan fingerprint density at radius 1 is 1.10 bits per heavy atom. The lowest BCUT2D eigenvalue weighted by atomic mass is 9.89. The third-order valence-corrected chi connectivity index (χ3v) is 4.89. The van der Waals surface area contributed by atoms with Gasteiger partial charge in [0.05, 0.1) is 5.60 Å². The third-order valence-electron chi connectivity index (χ3n) is 3.55. The van der Waals surface area contributed by atoms with E-state index in [9.17, 15) is 5.11 Å². The van der Waals surface area contributed by atoms with Crippen molar-refractivity contribution >= 4 is 33.0 Å². The minimum absolute atomic E-state index is 0.556. The van der Waals surface area contributed by atoms with Crippen molar-refractivity contribution in [2.75, 3.05) is 0 Å². The molecule has 0 amide bonds. The third kappa shape index (κ3) is 2.47. The van der Waals surface area contributed by atoms with E-state index in [0.717, 1.165) is 11.1 Å². The van der Waals surface area contributed by atoms with Crippen LogP contribution in [0.15, 0.2) is 53.9 Å². The molecule has 1 heterocycles. The Labute approximate surface area is 127 Å². The lowest BCUT2D eigenvalue weighted by Gasteiger charge is -2.24. The van der Waals surface area contributed by atoms with Gasteiger partial charge in [-0.05, 0) is 35.4 Å². The molecule has 102 valence electrons. The molecule has 0 saturated heterocycles. The molecular formula is C17H15ClOS. The number of rotatable bonds is 3. The molecule has 3 aromatic rings. The molecule has 1 aromatic heterocycles. The topological polar surface area (TPSA) is 20.2 Å². The first-order valence-electron chi connectivity index (χ1n) is 6.50. The van der Waals surface area contributed by atoms with Gasteiger partial charge in [-0.25, -0.2) is 0 Å². The van der Waals surface area contributed by atoms with Crippen LogP contribution in [-0.4, -0.2) is 5.11 Å². The van der Waals surface area contributed by atoms with Crippen LogP contribution >= 0.6 is 22.9 Å². The summed E-state index contributed by atoms with van der Waals surface area (Å²) in [4.78, 5) is 0. The molecular weight excluding hydrogens is 288 g/mol. The quantitative estimate of drug-likeness (QED) is 0.721. The molecule has 0 aliphatic heterocycles. The molecule has 0 aliphatic carbocycles. The average Bonchev–Trinajstić information content (AvgIpc) is 2.82. The van der Waals surface area contributed by atoms with Gasteiger partial charge in [0.25, 0.3) is 0 Å². The Hall–Kier alpha value is -1.35. The highest BCUT2D eigenvalue weighted by atomic mass is 35.5. The lowest BCUT2D eigenvalue weighted by Crippen LogP contribution is -2.24. The molecule has 1 unspecified atom stereocenters. The largest absolute Gasteiger partial charge is 0.385 e. The minimum atomic E-state index is -0.970. The SMILES string of the molecule is CC(O)(Cc1csc2ccccc12)c1ccccc1Cl. The maximum atomic E-state index is 10.8. The van der Waals surface area contributed by atoms with Crippen LogP contribution in [0, 0.1) is 0 Å². The van der Waals surface area contributed by atoms with Crippen LogP contribution in [0.4, 0.5) is 0 Å². The summed E-state index contributed by atoms with van der Waals surface area (Å²) in [5.74, 6) is 0. The fraction of sp³-hybridized carbons (Fsp3) is 0.176. The van der Waals surface area contributed by atoms with Gasteiger partial charge < -0.3 is 5.11 Å². The molecule has 0 bridgehead atoms. The van der Waals surface area contributed by atoms with Crippen molar-refractivity contribution in [2.24, 2.45) is 0 Å². The molecule has 2 aromatic carbocycles. The fourth-order valence-corrected chi connectivity index (χ4v) is 3.84. The normalized spacial score (nSPS) is 14.3.